The van der Waals surface area contributed by atoms with Crippen LogP contribution in [0, 0.1) is 0 Å². The summed E-state index contributed by atoms with van der Waals surface area (Å²) in [6, 6.07) is 6.57. The van der Waals surface area contributed by atoms with Gasteiger partial charge in [-0.2, -0.15) is 0 Å². The molecule has 17 heavy (non-hydrogen) atoms. The molecular weight excluding hydrogens is 214 g/mol. The van der Waals surface area contributed by atoms with E-state index in [1.165, 1.54) is 23.2 Å². The number of carbonyl (C=O) groups is 1. The van der Waals surface area contributed by atoms with E-state index < -0.39 is 5.97 Å². The zero-order valence-corrected chi connectivity index (χ0v) is 10.0. The number of nitrogens with one attached hydrogen (secondary N) is 1. The van der Waals surface area contributed by atoms with E-state index in [2.05, 4.69) is 23.5 Å². The Labute approximate surface area is 102 Å². The summed E-state index contributed by atoms with van der Waals surface area (Å²) >= 11 is 0. The molecule has 0 fully saturated rings. The highest BCUT2D eigenvalue weighted by Crippen LogP contribution is 2.23. The van der Waals surface area contributed by atoms with E-state index in [0.717, 1.165) is 32.2 Å². The Balaban J connectivity index is 1.86. The Morgan fingerprint density at radius 2 is 2.24 bits per heavy atom. The predicted molar refractivity (Wildman–Crippen MR) is 68.4 cm³/mol. The number of hydrogen-bond acceptors (Lipinski definition) is 2. The van der Waals surface area contributed by atoms with E-state index in [-0.39, 0.29) is 6.42 Å². The lowest BCUT2D eigenvalue weighted by atomic mass is 9.98. The predicted octanol–water partition coefficient (Wildman–Crippen LogP) is 2.84. The maximum Gasteiger partial charge on any atom is 0.303 e. The third-order valence-electron chi connectivity index (χ3n) is 3.21. The molecule has 0 bridgehead atoms. The van der Waals surface area contributed by atoms with Crippen molar-refractivity contribution < 1.29 is 9.90 Å². The van der Waals surface area contributed by atoms with Gasteiger partial charge in [-0.05, 0) is 49.3 Å². The summed E-state index contributed by atoms with van der Waals surface area (Å²) in [5.41, 5.74) is 4.01. The molecule has 3 nitrogen and oxygen atoms in total. The van der Waals surface area contributed by atoms with Gasteiger partial charge in [-0.15, -0.1) is 0 Å². The number of benzene rings is 1. The second kappa shape index (κ2) is 5.71. The normalized spacial score (nSPS) is 13.9. The minimum Gasteiger partial charge on any atom is -0.481 e. The molecule has 0 amide bonds. The van der Waals surface area contributed by atoms with Crippen molar-refractivity contribution in [3.8, 4) is 0 Å². The second-order valence-corrected chi connectivity index (χ2v) is 4.62. The van der Waals surface area contributed by atoms with Crippen LogP contribution in [-0.4, -0.2) is 17.6 Å². The van der Waals surface area contributed by atoms with E-state index in [4.69, 9.17) is 5.11 Å². The van der Waals surface area contributed by atoms with Crippen molar-refractivity contribution in [3.63, 3.8) is 0 Å². The summed E-state index contributed by atoms with van der Waals surface area (Å²) in [5.74, 6) is -0.695. The van der Waals surface area contributed by atoms with Gasteiger partial charge in [0.1, 0.15) is 0 Å². The number of carboxylic acid groups (broad SMARTS) is 1. The fourth-order valence-electron chi connectivity index (χ4n) is 2.29. The number of fused-ring (bicyclic) bond motifs is 1. The van der Waals surface area contributed by atoms with Crippen molar-refractivity contribution in [2.45, 2.75) is 38.5 Å². The van der Waals surface area contributed by atoms with Gasteiger partial charge in [0.15, 0.2) is 0 Å². The van der Waals surface area contributed by atoms with Gasteiger partial charge in [-0.1, -0.05) is 12.1 Å². The molecule has 0 saturated carbocycles. The van der Waals surface area contributed by atoms with Crippen molar-refractivity contribution in [1.82, 2.24) is 0 Å². The van der Waals surface area contributed by atoms with Crippen molar-refractivity contribution in [2.24, 2.45) is 0 Å². The molecule has 0 aliphatic carbocycles. The average molecular weight is 233 g/mol. The van der Waals surface area contributed by atoms with Gasteiger partial charge in [0.05, 0.1) is 0 Å². The van der Waals surface area contributed by atoms with Crippen LogP contribution >= 0.6 is 0 Å². The van der Waals surface area contributed by atoms with E-state index in [1.54, 1.807) is 0 Å². The molecule has 1 aromatic carbocycles. The SMILES string of the molecule is O=C(O)CCCCc1ccc2c(c1)CCCN2. The van der Waals surface area contributed by atoms with Gasteiger partial charge in [0, 0.05) is 18.7 Å². The van der Waals surface area contributed by atoms with Gasteiger partial charge < -0.3 is 10.4 Å². The standard InChI is InChI=1S/C14H19NO2/c16-14(17)6-2-1-4-11-7-8-13-12(10-11)5-3-9-15-13/h7-8,10,15H,1-6,9H2,(H,16,17). The summed E-state index contributed by atoms with van der Waals surface area (Å²) in [4.78, 5) is 10.4. The number of aliphatic carboxylic acids is 1. The monoisotopic (exact) mass is 233 g/mol. The molecule has 1 aliphatic heterocycles. The fourth-order valence-corrected chi connectivity index (χ4v) is 2.29. The Hall–Kier alpha value is -1.51. The maximum absolute atomic E-state index is 10.4. The summed E-state index contributed by atoms with van der Waals surface area (Å²) in [6.07, 6.45) is 5.36. The van der Waals surface area contributed by atoms with Crippen LogP contribution < -0.4 is 5.32 Å². The van der Waals surface area contributed by atoms with Crippen LogP contribution in [0.3, 0.4) is 0 Å². The molecule has 1 aliphatic rings. The van der Waals surface area contributed by atoms with Crippen LogP contribution in [0.1, 0.15) is 36.8 Å². The van der Waals surface area contributed by atoms with Crippen LogP contribution in [0.5, 0.6) is 0 Å². The van der Waals surface area contributed by atoms with Crippen molar-refractivity contribution in [3.05, 3.63) is 29.3 Å². The molecule has 0 unspecified atom stereocenters. The Morgan fingerprint density at radius 1 is 1.35 bits per heavy atom. The van der Waals surface area contributed by atoms with Gasteiger partial charge >= 0.3 is 5.97 Å². The van der Waals surface area contributed by atoms with E-state index >= 15 is 0 Å². The van der Waals surface area contributed by atoms with E-state index in [0.29, 0.717) is 0 Å². The van der Waals surface area contributed by atoms with Crippen LogP contribution in [0.25, 0.3) is 0 Å². The molecule has 0 aromatic heterocycles. The molecule has 1 aromatic rings. The molecular formula is C14H19NO2. The third-order valence-corrected chi connectivity index (χ3v) is 3.21. The van der Waals surface area contributed by atoms with Crippen molar-refractivity contribution >= 4 is 11.7 Å². The summed E-state index contributed by atoms with van der Waals surface area (Å²) in [6.45, 7) is 1.07. The molecule has 0 spiro atoms. The number of hydrogen-bond donors (Lipinski definition) is 2. The highest BCUT2D eigenvalue weighted by molar-refractivity contribution is 5.66. The summed E-state index contributed by atoms with van der Waals surface area (Å²) in [5, 5.41) is 12.0. The zero-order chi connectivity index (χ0) is 12.1. The first-order chi connectivity index (χ1) is 8.25. The Kier molecular flexibility index (Phi) is 4.02. The van der Waals surface area contributed by atoms with Crippen LogP contribution in [0.15, 0.2) is 18.2 Å². The molecule has 92 valence electrons. The Morgan fingerprint density at radius 3 is 3.06 bits per heavy atom. The minimum atomic E-state index is -0.695. The number of rotatable bonds is 5. The first kappa shape index (κ1) is 12.0. The molecule has 3 heteroatoms. The first-order valence-electron chi connectivity index (χ1n) is 6.33. The second-order valence-electron chi connectivity index (χ2n) is 4.62. The van der Waals surface area contributed by atoms with Gasteiger partial charge in [0.25, 0.3) is 0 Å². The average Bonchev–Trinajstić information content (AvgIpc) is 2.34. The fraction of sp³-hybridized carbons (Fsp3) is 0.500. The topological polar surface area (TPSA) is 49.3 Å². The molecule has 2 N–H and O–H groups in total. The molecule has 0 atom stereocenters. The van der Waals surface area contributed by atoms with Crippen molar-refractivity contribution in [1.29, 1.82) is 0 Å². The smallest absolute Gasteiger partial charge is 0.303 e. The van der Waals surface area contributed by atoms with Crippen LogP contribution in [-0.2, 0) is 17.6 Å². The number of aryl methyl sites for hydroxylation is 2. The van der Waals surface area contributed by atoms with Gasteiger partial charge in [-0.3, -0.25) is 4.79 Å². The maximum atomic E-state index is 10.4. The number of anilines is 1. The minimum absolute atomic E-state index is 0.284. The highest BCUT2D eigenvalue weighted by Gasteiger charge is 2.08. The number of carboxylic acids is 1. The van der Waals surface area contributed by atoms with Gasteiger partial charge in [-0.25, -0.2) is 0 Å². The van der Waals surface area contributed by atoms with E-state index in [9.17, 15) is 4.79 Å². The van der Waals surface area contributed by atoms with E-state index in [1.807, 2.05) is 0 Å². The van der Waals surface area contributed by atoms with Crippen molar-refractivity contribution in [2.75, 3.05) is 11.9 Å². The van der Waals surface area contributed by atoms with Gasteiger partial charge in [0.2, 0.25) is 0 Å². The third kappa shape index (κ3) is 3.48. The largest absolute Gasteiger partial charge is 0.481 e. The summed E-state index contributed by atoms with van der Waals surface area (Å²) in [7, 11) is 0. The molecule has 2 rings (SSSR count). The Bertz CT molecular complexity index is 401. The van der Waals surface area contributed by atoms with Crippen LogP contribution in [0.2, 0.25) is 0 Å². The highest BCUT2D eigenvalue weighted by atomic mass is 16.4. The lowest BCUT2D eigenvalue weighted by molar-refractivity contribution is -0.137. The zero-order valence-electron chi connectivity index (χ0n) is 10.0. The molecule has 1 heterocycles. The first-order valence-corrected chi connectivity index (χ1v) is 6.33. The lowest BCUT2D eigenvalue weighted by Crippen LogP contribution is -2.11. The molecule has 0 radical (unpaired) electrons. The van der Waals surface area contributed by atoms with Crippen LogP contribution in [0.4, 0.5) is 5.69 Å². The lowest BCUT2D eigenvalue weighted by Gasteiger charge is -2.18. The quantitative estimate of drug-likeness (QED) is 0.769. The summed E-state index contributed by atoms with van der Waals surface area (Å²) < 4.78 is 0. The molecule has 0 saturated heterocycles. The number of unbranched alkanes of at least 4 members (excludes halogenated alkanes) is 1.